The number of nitrogens with zero attached hydrogens (tertiary/aromatic N) is 2. The van der Waals surface area contributed by atoms with Crippen molar-refractivity contribution in [2.45, 2.75) is 13.8 Å². The van der Waals surface area contributed by atoms with Crippen LogP contribution in [0.5, 0.6) is 0 Å². The second-order valence-corrected chi connectivity index (χ2v) is 6.42. The molecule has 0 fully saturated rings. The SMILES string of the molecule is Cc1ccc(-c2csc(/C(C#N)=C\c3ccc(F)cc3)n2)cc1C. The van der Waals surface area contributed by atoms with Gasteiger partial charge in [0.1, 0.15) is 16.9 Å². The number of hydrogen-bond acceptors (Lipinski definition) is 3. The predicted octanol–water partition coefficient (Wildman–Crippen LogP) is 5.63. The van der Waals surface area contributed by atoms with Gasteiger partial charge in [-0.05, 0) is 54.8 Å². The van der Waals surface area contributed by atoms with E-state index in [4.69, 9.17) is 0 Å². The summed E-state index contributed by atoms with van der Waals surface area (Å²) >= 11 is 1.43. The van der Waals surface area contributed by atoms with Crippen LogP contribution in [0.3, 0.4) is 0 Å². The van der Waals surface area contributed by atoms with Crippen LogP contribution in [-0.4, -0.2) is 4.98 Å². The molecule has 2 aromatic carbocycles. The number of hydrogen-bond donors (Lipinski definition) is 0. The Hall–Kier alpha value is -2.77. The Bertz CT molecular complexity index is 947. The highest BCUT2D eigenvalue weighted by Gasteiger charge is 2.10. The lowest BCUT2D eigenvalue weighted by Gasteiger charge is -2.02. The van der Waals surface area contributed by atoms with Crippen LogP contribution in [0.1, 0.15) is 21.7 Å². The molecular formula is C20H15FN2S. The summed E-state index contributed by atoms with van der Waals surface area (Å²) in [6.07, 6.45) is 1.72. The van der Waals surface area contributed by atoms with Gasteiger partial charge in [0.15, 0.2) is 0 Å². The van der Waals surface area contributed by atoms with Crippen molar-refractivity contribution in [1.29, 1.82) is 5.26 Å². The number of aryl methyl sites for hydroxylation is 2. The van der Waals surface area contributed by atoms with Gasteiger partial charge in [-0.15, -0.1) is 11.3 Å². The highest BCUT2D eigenvalue weighted by atomic mass is 32.1. The zero-order valence-corrected chi connectivity index (χ0v) is 14.2. The molecule has 1 aromatic heterocycles. The highest BCUT2D eigenvalue weighted by Crippen LogP contribution is 2.28. The van der Waals surface area contributed by atoms with Crippen LogP contribution in [0.4, 0.5) is 4.39 Å². The lowest BCUT2D eigenvalue weighted by Crippen LogP contribution is -1.85. The van der Waals surface area contributed by atoms with Gasteiger partial charge in [-0.1, -0.05) is 24.3 Å². The van der Waals surface area contributed by atoms with Crippen molar-refractivity contribution in [3.8, 4) is 17.3 Å². The van der Waals surface area contributed by atoms with Crippen molar-refractivity contribution >= 4 is 23.0 Å². The van der Waals surface area contributed by atoms with Crippen molar-refractivity contribution in [2.75, 3.05) is 0 Å². The van der Waals surface area contributed by atoms with E-state index in [9.17, 15) is 9.65 Å². The molecule has 3 aromatic rings. The van der Waals surface area contributed by atoms with Gasteiger partial charge in [-0.3, -0.25) is 0 Å². The number of benzene rings is 2. The Labute approximate surface area is 144 Å². The van der Waals surface area contributed by atoms with E-state index < -0.39 is 0 Å². The first-order valence-corrected chi connectivity index (χ1v) is 8.35. The summed E-state index contributed by atoms with van der Waals surface area (Å²) in [6.45, 7) is 4.14. The molecule has 0 saturated heterocycles. The Kier molecular flexibility index (Phi) is 4.54. The van der Waals surface area contributed by atoms with Gasteiger partial charge in [0.2, 0.25) is 0 Å². The summed E-state index contributed by atoms with van der Waals surface area (Å²) in [5.41, 5.74) is 5.60. The second kappa shape index (κ2) is 6.77. The number of thiazole rings is 1. The quantitative estimate of drug-likeness (QED) is 0.582. The molecule has 0 spiro atoms. The van der Waals surface area contributed by atoms with Crippen LogP contribution in [0.25, 0.3) is 22.9 Å². The van der Waals surface area contributed by atoms with Crippen molar-refractivity contribution in [1.82, 2.24) is 4.98 Å². The summed E-state index contributed by atoms with van der Waals surface area (Å²) < 4.78 is 13.0. The number of halogens is 1. The van der Waals surface area contributed by atoms with Gasteiger partial charge in [0.05, 0.1) is 11.3 Å². The molecule has 2 nitrogen and oxygen atoms in total. The third kappa shape index (κ3) is 3.42. The van der Waals surface area contributed by atoms with E-state index in [2.05, 4.69) is 37.0 Å². The van der Waals surface area contributed by atoms with Gasteiger partial charge in [-0.25, -0.2) is 9.37 Å². The number of nitriles is 1. The molecule has 4 heteroatoms. The molecule has 3 rings (SSSR count). The zero-order chi connectivity index (χ0) is 17.1. The van der Waals surface area contributed by atoms with Crippen molar-refractivity contribution in [3.05, 3.63) is 75.4 Å². The minimum Gasteiger partial charge on any atom is -0.235 e. The van der Waals surface area contributed by atoms with Crippen molar-refractivity contribution in [2.24, 2.45) is 0 Å². The Balaban J connectivity index is 1.94. The molecule has 24 heavy (non-hydrogen) atoms. The molecular weight excluding hydrogens is 319 g/mol. The first kappa shape index (κ1) is 16.1. The van der Waals surface area contributed by atoms with Crippen LogP contribution in [0, 0.1) is 31.0 Å². The predicted molar refractivity (Wildman–Crippen MR) is 96.9 cm³/mol. The third-order valence-electron chi connectivity index (χ3n) is 3.84. The molecule has 0 aliphatic rings. The van der Waals surface area contributed by atoms with Gasteiger partial charge < -0.3 is 0 Å². The minimum absolute atomic E-state index is 0.295. The average Bonchev–Trinajstić information content (AvgIpc) is 3.06. The molecule has 0 bridgehead atoms. The Morgan fingerprint density at radius 2 is 1.88 bits per heavy atom. The van der Waals surface area contributed by atoms with E-state index in [1.54, 1.807) is 18.2 Å². The standard InChI is InChI=1S/C20H15FN2S/c1-13-3-6-16(9-14(13)2)19-12-24-20(23-19)17(11-22)10-15-4-7-18(21)8-5-15/h3-10,12H,1-2H3/b17-10-. The Morgan fingerprint density at radius 1 is 1.12 bits per heavy atom. The molecule has 0 atom stereocenters. The molecule has 118 valence electrons. The molecule has 0 radical (unpaired) electrons. The fourth-order valence-corrected chi connectivity index (χ4v) is 3.09. The molecule has 0 saturated carbocycles. The van der Waals surface area contributed by atoms with E-state index in [-0.39, 0.29) is 5.82 Å². The summed E-state index contributed by atoms with van der Waals surface area (Å²) in [7, 11) is 0. The second-order valence-electron chi connectivity index (χ2n) is 5.56. The third-order valence-corrected chi connectivity index (χ3v) is 4.71. The van der Waals surface area contributed by atoms with E-state index in [0.717, 1.165) is 16.8 Å². The fraction of sp³-hybridized carbons (Fsp3) is 0.100. The summed E-state index contributed by atoms with van der Waals surface area (Å²) in [6, 6.07) is 14.4. The lowest BCUT2D eigenvalue weighted by atomic mass is 10.1. The maximum Gasteiger partial charge on any atom is 0.134 e. The van der Waals surface area contributed by atoms with Crippen molar-refractivity contribution < 1.29 is 4.39 Å². The Morgan fingerprint density at radius 3 is 2.54 bits per heavy atom. The van der Waals surface area contributed by atoms with E-state index in [0.29, 0.717) is 10.6 Å². The maximum atomic E-state index is 13.0. The number of aromatic nitrogens is 1. The largest absolute Gasteiger partial charge is 0.235 e. The van der Waals surface area contributed by atoms with E-state index >= 15 is 0 Å². The zero-order valence-electron chi connectivity index (χ0n) is 13.4. The van der Waals surface area contributed by atoms with Crippen LogP contribution in [0.15, 0.2) is 47.8 Å². The highest BCUT2D eigenvalue weighted by molar-refractivity contribution is 7.11. The fourth-order valence-electron chi connectivity index (χ4n) is 2.30. The van der Waals surface area contributed by atoms with Gasteiger partial charge in [0, 0.05) is 10.9 Å². The summed E-state index contributed by atoms with van der Waals surface area (Å²) in [5, 5.41) is 12.0. The summed E-state index contributed by atoms with van der Waals surface area (Å²) in [4.78, 5) is 4.59. The number of allylic oxidation sites excluding steroid dienone is 1. The first-order chi connectivity index (χ1) is 11.6. The maximum absolute atomic E-state index is 13.0. The lowest BCUT2D eigenvalue weighted by molar-refractivity contribution is 0.628. The van der Waals surface area contributed by atoms with Gasteiger partial charge >= 0.3 is 0 Å². The normalized spacial score (nSPS) is 11.3. The van der Waals surface area contributed by atoms with Crippen LogP contribution >= 0.6 is 11.3 Å². The molecule has 0 aliphatic heterocycles. The molecule has 0 unspecified atom stereocenters. The van der Waals surface area contributed by atoms with Crippen molar-refractivity contribution in [3.63, 3.8) is 0 Å². The van der Waals surface area contributed by atoms with Crippen LogP contribution < -0.4 is 0 Å². The molecule has 0 N–H and O–H groups in total. The topological polar surface area (TPSA) is 36.7 Å². The van der Waals surface area contributed by atoms with Crippen LogP contribution in [0.2, 0.25) is 0 Å². The van der Waals surface area contributed by atoms with E-state index in [1.807, 2.05) is 11.4 Å². The van der Waals surface area contributed by atoms with Crippen LogP contribution in [-0.2, 0) is 0 Å². The first-order valence-electron chi connectivity index (χ1n) is 7.48. The minimum atomic E-state index is -0.295. The molecule has 0 amide bonds. The average molecular weight is 334 g/mol. The molecule has 1 heterocycles. The summed E-state index contributed by atoms with van der Waals surface area (Å²) in [5.74, 6) is -0.295. The van der Waals surface area contributed by atoms with E-state index in [1.165, 1.54) is 34.6 Å². The smallest absolute Gasteiger partial charge is 0.134 e. The number of rotatable bonds is 3. The molecule has 0 aliphatic carbocycles. The monoisotopic (exact) mass is 334 g/mol. The van der Waals surface area contributed by atoms with Gasteiger partial charge in [-0.2, -0.15) is 5.26 Å². The van der Waals surface area contributed by atoms with Gasteiger partial charge in [0.25, 0.3) is 0 Å².